The second-order valence-corrected chi connectivity index (χ2v) is 7.11. The number of para-hydroxylation sites is 1. The third-order valence-electron chi connectivity index (χ3n) is 4.27. The van der Waals surface area contributed by atoms with Gasteiger partial charge in [0.2, 0.25) is 0 Å². The van der Waals surface area contributed by atoms with Crippen LogP contribution in [0.15, 0.2) is 46.9 Å². The van der Waals surface area contributed by atoms with Gasteiger partial charge in [0.05, 0.1) is 6.54 Å². The SMILES string of the molecule is CC(C)(C)c1ccc(CN2CCN(c3ccccc3)CC2)o1. The molecule has 1 saturated heterocycles. The van der Waals surface area contributed by atoms with Gasteiger partial charge in [0, 0.05) is 37.3 Å². The number of benzene rings is 1. The van der Waals surface area contributed by atoms with Crippen LogP contribution < -0.4 is 4.90 Å². The maximum atomic E-state index is 6.01. The predicted octanol–water partition coefficient (Wildman–Crippen LogP) is 3.90. The molecule has 22 heavy (non-hydrogen) atoms. The number of hydrogen-bond donors (Lipinski definition) is 0. The lowest BCUT2D eigenvalue weighted by Gasteiger charge is -2.35. The quantitative estimate of drug-likeness (QED) is 0.857. The van der Waals surface area contributed by atoms with Gasteiger partial charge in [-0.25, -0.2) is 0 Å². The van der Waals surface area contributed by atoms with Crippen molar-refractivity contribution in [2.24, 2.45) is 0 Å². The molecule has 0 aliphatic carbocycles. The van der Waals surface area contributed by atoms with Crippen molar-refractivity contribution in [1.82, 2.24) is 4.90 Å². The van der Waals surface area contributed by atoms with Crippen LogP contribution in [0.5, 0.6) is 0 Å². The molecule has 1 aromatic heterocycles. The average molecular weight is 298 g/mol. The molecule has 3 heteroatoms. The van der Waals surface area contributed by atoms with E-state index in [1.54, 1.807) is 0 Å². The van der Waals surface area contributed by atoms with Crippen molar-refractivity contribution in [3.63, 3.8) is 0 Å². The number of anilines is 1. The van der Waals surface area contributed by atoms with Crippen LogP contribution in [0.1, 0.15) is 32.3 Å². The molecular formula is C19H26N2O. The van der Waals surface area contributed by atoms with Crippen molar-refractivity contribution in [1.29, 1.82) is 0 Å². The third kappa shape index (κ3) is 3.53. The van der Waals surface area contributed by atoms with E-state index < -0.39 is 0 Å². The summed E-state index contributed by atoms with van der Waals surface area (Å²) in [5.74, 6) is 2.16. The van der Waals surface area contributed by atoms with Gasteiger partial charge in [-0.05, 0) is 24.3 Å². The Labute approximate surface area is 133 Å². The number of furan rings is 1. The van der Waals surface area contributed by atoms with Crippen LogP contribution in [0, 0.1) is 0 Å². The minimum atomic E-state index is 0.0876. The van der Waals surface area contributed by atoms with Crippen LogP contribution in [0.2, 0.25) is 0 Å². The van der Waals surface area contributed by atoms with Crippen molar-refractivity contribution in [2.45, 2.75) is 32.7 Å². The number of rotatable bonds is 3. The van der Waals surface area contributed by atoms with Gasteiger partial charge < -0.3 is 9.32 Å². The molecule has 1 aliphatic heterocycles. The molecule has 0 N–H and O–H groups in total. The Balaban J connectivity index is 1.55. The topological polar surface area (TPSA) is 19.6 Å². The van der Waals surface area contributed by atoms with E-state index in [0.717, 1.165) is 44.2 Å². The summed E-state index contributed by atoms with van der Waals surface area (Å²) in [4.78, 5) is 4.93. The zero-order chi connectivity index (χ0) is 15.6. The summed E-state index contributed by atoms with van der Waals surface area (Å²) < 4.78 is 6.01. The molecule has 0 amide bonds. The van der Waals surface area contributed by atoms with E-state index in [0.29, 0.717) is 0 Å². The molecule has 0 bridgehead atoms. The summed E-state index contributed by atoms with van der Waals surface area (Å²) in [5, 5.41) is 0. The molecule has 3 rings (SSSR count). The Morgan fingerprint density at radius 3 is 2.18 bits per heavy atom. The Morgan fingerprint density at radius 2 is 1.59 bits per heavy atom. The normalized spacial score (nSPS) is 17.0. The number of piperazine rings is 1. The van der Waals surface area contributed by atoms with Crippen LogP contribution in [-0.2, 0) is 12.0 Å². The zero-order valence-electron chi connectivity index (χ0n) is 13.9. The first-order valence-electron chi connectivity index (χ1n) is 8.14. The van der Waals surface area contributed by atoms with E-state index >= 15 is 0 Å². The number of hydrogen-bond acceptors (Lipinski definition) is 3. The summed E-state index contributed by atoms with van der Waals surface area (Å²) in [5.41, 5.74) is 1.42. The first-order chi connectivity index (χ1) is 10.5. The molecule has 0 unspecified atom stereocenters. The highest BCUT2D eigenvalue weighted by Crippen LogP contribution is 2.25. The van der Waals surface area contributed by atoms with Gasteiger partial charge in [0.1, 0.15) is 11.5 Å². The molecule has 0 spiro atoms. The van der Waals surface area contributed by atoms with Crippen molar-refractivity contribution in [3.05, 3.63) is 54.0 Å². The van der Waals surface area contributed by atoms with Gasteiger partial charge in [0.15, 0.2) is 0 Å². The third-order valence-corrected chi connectivity index (χ3v) is 4.27. The van der Waals surface area contributed by atoms with E-state index in [4.69, 9.17) is 4.42 Å². The second-order valence-electron chi connectivity index (χ2n) is 7.11. The molecule has 1 aromatic carbocycles. The van der Waals surface area contributed by atoms with E-state index in [1.165, 1.54) is 5.69 Å². The van der Waals surface area contributed by atoms with Crippen LogP contribution >= 0.6 is 0 Å². The molecule has 0 atom stereocenters. The van der Waals surface area contributed by atoms with Crippen molar-refractivity contribution < 1.29 is 4.42 Å². The average Bonchev–Trinajstić information content (AvgIpc) is 2.98. The van der Waals surface area contributed by atoms with Gasteiger partial charge >= 0.3 is 0 Å². The molecule has 118 valence electrons. The minimum Gasteiger partial charge on any atom is -0.464 e. The van der Waals surface area contributed by atoms with Gasteiger partial charge in [-0.1, -0.05) is 39.0 Å². The highest BCUT2D eigenvalue weighted by molar-refractivity contribution is 5.46. The Kier molecular flexibility index (Phi) is 4.25. The van der Waals surface area contributed by atoms with Gasteiger partial charge in [-0.3, -0.25) is 4.90 Å². The van der Waals surface area contributed by atoms with E-state index in [1.807, 2.05) is 0 Å². The maximum Gasteiger partial charge on any atom is 0.118 e. The zero-order valence-corrected chi connectivity index (χ0v) is 13.9. The molecule has 2 aromatic rings. The van der Waals surface area contributed by atoms with Crippen LogP contribution in [0.25, 0.3) is 0 Å². The molecular weight excluding hydrogens is 272 g/mol. The monoisotopic (exact) mass is 298 g/mol. The Morgan fingerprint density at radius 1 is 0.909 bits per heavy atom. The van der Waals surface area contributed by atoms with Crippen molar-refractivity contribution in [2.75, 3.05) is 31.1 Å². The first kappa shape index (κ1) is 15.2. The fourth-order valence-corrected chi connectivity index (χ4v) is 2.89. The fourth-order valence-electron chi connectivity index (χ4n) is 2.89. The Hall–Kier alpha value is -1.74. The van der Waals surface area contributed by atoms with E-state index in [-0.39, 0.29) is 5.41 Å². The smallest absolute Gasteiger partial charge is 0.118 e. The fraction of sp³-hybridized carbons (Fsp3) is 0.474. The van der Waals surface area contributed by atoms with Crippen molar-refractivity contribution >= 4 is 5.69 Å². The standard InChI is InChI=1S/C19H26N2O/c1-19(2,3)18-10-9-17(22-18)15-20-11-13-21(14-12-20)16-7-5-4-6-8-16/h4-10H,11-15H2,1-3H3. The molecule has 2 heterocycles. The highest BCUT2D eigenvalue weighted by Gasteiger charge is 2.21. The molecule has 0 saturated carbocycles. The molecule has 0 radical (unpaired) electrons. The van der Waals surface area contributed by atoms with Crippen LogP contribution in [0.3, 0.4) is 0 Å². The van der Waals surface area contributed by atoms with E-state index in [2.05, 4.69) is 73.0 Å². The maximum absolute atomic E-state index is 6.01. The summed E-state index contributed by atoms with van der Waals surface area (Å²) in [6.45, 7) is 11.8. The van der Waals surface area contributed by atoms with Gasteiger partial charge in [-0.15, -0.1) is 0 Å². The lowest BCUT2D eigenvalue weighted by atomic mass is 9.94. The van der Waals surface area contributed by atoms with Crippen molar-refractivity contribution in [3.8, 4) is 0 Å². The van der Waals surface area contributed by atoms with Gasteiger partial charge in [-0.2, -0.15) is 0 Å². The number of nitrogens with zero attached hydrogens (tertiary/aromatic N) is 2. The summed E-state index contributed by atoms with van der Waals surface area (Å²) in [7, 11) is 0. The largest absolute Gasteiger partial charge is 0.464 e. The lowest BCUT2D eigenvalue weighted by molar-refractivity contribution is 0.225. The van der Waals surface area contributed by atoms with Crippen LogP contribution in [-0.4, -0.2) is 31.1 Å². The van der Waals surface area contributed by atoms with E-state index in [9.17, 15) is 0 Å². The lowest BCUT2D eigenvalue weighted by Crippen LogP contribution is -2.45. The van der Waals surface area contributed by atoms with Crippen LogP contribution in [0.4, 0.5) is 5.69 Å². The summed E-state index contributed by atoms with van der Waals surface area (Å²) in [6, 6.07) is 14.9. The molecule has 1 aliphatic rings. The highest BCUT2D eigenvalue weighted by atomic mass is 16.3. The predicted molar refractivity (Wildman–Crippen MR) is 91.3 cm³/mol. The van der Waals surface area contributed by atoms with Gasteiger partial charge in [0.25, 0.3) is 0 Å². The summed E-state index contributed by atoms with van der Waals surface area (Å²) >= 11 is 0. The second kappa shape index (κ2) is 6.17. The molecule has 3 nitrogen and oxygen atoms in total. The minimum absolute atomic E-state index is 0.0876. The Bertz CT molecular complexity index is 589. The summed E-state index contributed by atoms with van der Waals surface area (Å²) in [6.07, 6.45) is 0. The first-order valence-corrected chi connectivity index (χ1v) is 8.14. The molecule has 1 fully saturated rings.